The van der Waals surface area contributed by atoms with Gasteiger partial charge >= 0.3 is 5.69 Å². The van der Waals surface area contributed by atoms with Gasteiger partial charge in [-0.25, -0.2) is 23.1 Å². The summed E-state index contributed by atoms with van der Waals surface area (Å²) in [7, 11) is 0. The maximum atomic E-state index is 16.4. The smallest absolute Gasteiger partial charge is 0.355 e. The lowest BCUT2D eigenvalue weighted by Crippen LogP contribution is -2.58. The van der Waals surface area contributed by atoms with Crippen molar-refractivity contribution in [3.63, 3.8) is 0 Å². The topological polar surface area (TPSA) is 118 Å². The largest absolute Gasteiger partial charge is 0.362 e. The van der Waals surface area contributed by atoms with Crippen LogP contribution in [-0.2, 0) is 16.0 Å². The summed E-state index contributed by atoms with van der Waals surface area (Å²) in [4.78, 5) is 44.5. The van der Waals surface area contributed by atoms with Crippen molar-refractivity contribution in [3.05, 3.63) is 82.6 Å². The molecule has 0 unspecified atom stereocenters. The van der Waals surface area contributed by atoms with Crippen LogP contribution in [0.2, 0.25) is 0 Å². The first kappa shape index (κ1) is 32.2. The van der Waals surface area contributed by atoms with Crippen molar-refractivity contribution < 1.29 is 18.3 Å². The normalized spacial score (nSPS) is 18.7. The Hall–Kier alpha value is -4.75. The molecular weight excluding hydrogens is 606 g/mol. The number of pyridine rings is 2. The van der Waals surface area contributed by atoms with E-state index in [4.69, 9.17) is 9.72 Å². The molecular formula is C34H38F2N8O3. The molecule has 2 atom stereocenters. The molecule has 2 aliphatic heterocycles. The molecule has 2 aliphatic rings. The van der Waals surface area contributed by atoms with E-state index in [1.54, 1.807) is 17.2 Å². The number of carbonyl (C=O) groups is 1. The Morgan fingerprint density at radius 1 is 1.11 bits per heavy atom. The number of aromatic nitrogens is 4. The van der Waals surface area contributed by atoms with Gasteiger partial charge in [-0.05, 0) is 62.1 Å². The number of rotatable bonds is 3. The highest BCUT2D eigenvalue weighted by Gasteiger charge is 2.34. The van der Waals surface area contributed by atoms with Gasteiger partial charge in [0.05, 0.1) is 29.1 Å². The number of benzene rings is 1. The van der Waals surface area contributed by atoms with Gasteiger partial charge < -0.3 is 19.9 Å². The fourth-order valence-electron chi connectivity index (χ4n) is 6.40. The standard InChI is InChI=1S/C34H38F2N8O3/c1-6-27(45)42-15-21(5)43(16-20(42)4)32-23-14-25(36)30-28-24(35)8-7-9-26(28)39-18-47-17-37-12-10-22-11-13-38-29(19(2)3)31(22)44(33(23)40-30)34(46)41-32/h6-9,11,13-14,19-21,37,39H,1,10,12,15-18H2,2-5H3/t20-,21+/m1/s1. The highest BCUT2D eigenvalue weighted by molar-refractivity contribution is 5.92. The van der Waals surface area contributed by atoms with Crippen molar-refractivity contribution >= 4 is 28.4 Å². The maximum absolute atomic E-state index is 16.4. The minimum Gasteiger partial charge on any atom is -0.362 e. The van der Waals surface area contributed by atoms with Gasteiger partial charge in [-0.2, -0.15) is 4.98 Å². The van der Waals surface area contributed by atoms with E-state index in [1.807, 2.05) is 38.7 Å². The molecule has 47 heavy (non-hydrogen) atoms. The summed E-state index contributed by atoms with van der Waals surface area (Å²) >= 11 is 0. The summed E-state index contributed by atoms with van der Waals surface area (Å²) in [5.74, 6) is -1.54. The number of nitrogens with zero attached hydrogens (tertiary/aromatic N) is 6. The summed E-state index contributed by atoms with van der Waals surface area (Å²) in [6.07, 6.45) is 3.50. The van der Waals surface area contributed by atoms with Crippen LogP contribution in [0, 0.1) is 11.6 Å². The molecule has 1 saturated heterocycles. The molecule has 0 saturated carbocycles. The van der Waals surface area contributed by atoms with Crippen LogP contribution in [0.5, 0.6) is 0 Å². The molecule has 5 heterocycles. The molecule has 13 heteroatoms. The minimum absolute atomic E-state index is 0.0336. The molecule has 11 nitrogen and oxygen atoms in total. The summed E-state index contributed by atoms with van der Waals surface area (Å²) in [6.45, 7) is 12.8. The number of amides is 1. The second-order valence-corrected chi connectivity index (χ2v) is 12.2. The van der Waals surface area contributed by atoms with Crippen LogP contribution in [0.3, 0.4) is 0 Å². The Morgan fingerprint density at radius 2 is 1.91 bits per heavy atom. The summed E-state index contributed by atoms with van der Waals surface area (Å²) in [6, 6.07) is 6.95. The van der Waals surface area contributed by atoms with Gasteiger partial charge in [-0.1, -0.05) is 26.5 Å². The van der Waals surface area contributed by atoms with E-state index in [1.165, 1.54) is 28.8 Å². The van der Waals surface area contributed by atoms with Crippen molar-refractivity contribution in [1.29, 1.82) is 0 Å². The van der Waals surface area contributed by atoms with Gasteiger partial charge in [0.25, 0.3) is 0 Å². The molecule has 1 amide bonds. The lowest BCUT2D eigenvalue weighted by atomic mass is 10.0. The van der Waals surface area contributed by atoms with Gasteiger partial charge in [-0.3, -0.25) is 15.1 Å². The van der Waals surface area contributed by atoms with Crippen LogP contribution in [0.1, 0.15) is 44.9 Å². The molecule has 1 aromatic carbocycles. The number of nitrogens with one attached hydrogen (secondary N) is 2. The molecule has 0 aliphatic carbocycles. The quantitative estimate of drug-likeness (QED) is 0.314. The first-order valence-electron chi connectivity index (χ1n) is 15.7. The molecule has 246 valence electrons. The van der Waals surface area contributed by atoms with Crippen molar-refractivity contribution in [3.8, 4) is 16.9 Å². The Morgan fingerprint density at radius 3 is 2.68 bits per heavy atom. The van der Waals surface area contributed by atoms with Gasteiger partial charge in [-0.15, -0.1) is 0 Å². The third-order valence-electron chi connectivity index (χ3n) is 8.71. The molecule has 2 bridgehead atoms. The van der Waals surface area contributed by atoms with Crippen LogP contribution < -0.4 is 21.2 Å². The van der Waals surface area contributed by atoms with Crippen molar-refractivity contribution in [2.24, 2.45) is 0 Å². The zero-order valence-corrected chi connectivity index (χ0v) is 26.9. The summed E-state index contributed by atoms with van der Waals surface area (Å²) in [5, 5.41) is 6.54. The third-order valence-corrected chi connectivity index (χ3v) is 8.71. The first-order valence-corrected chi connectivity index (χ1v) is 15.7. The van der Waals surface area contributed by atoms with E-state index in [9.17, 15) is 9.59 Å². The number of carbonyl (C=O) groups excluding carboxylic acids is 1. The van der Waals surface area contributed by atoms with Crippen LogP contribution in [0.15, 0.2) is 54.0 Å². The Kier molecular flexibility index (Phi) is 9.02. The van der Waals surface area contributed by atoms with E-state index in [-0.39, 0.29) is 71.2 Å². The van der Waals surface area contributed by atoms with Crippen molar-refractivity contribution in [1.82, 2.24) is 29.7 Å². The van der Waals surface area contributed by atoms with Gasteiger partial charge in [0.1, 0.15) is 24.1 Å². The Bertz CT molecular complexity index is 1910. The number of anilines is 2. The van der Waals surface area contributed by atoms with Gasteiger partial charge in [0.2, 0.25) is 5.91 Å². The molecule has 4 aromatic rings. The fourth-order valence-corrected chi connectivity index (χ4v) is 6.40. The second-order valence-electron chi connectivity index (χ2n) is 12.2. The Labute approximate surface area is 271 Å². The number of fused-ring (bicyclic) bond motifs is 5. The molecule has 0 radical (unpaired) electrons. The number of piperazine rings is 1. The first-order chi connectivity index (χ1) is 22.6. The van der Waals surface area contributed by atoms with Crippen molar-refractivity contribution in [2.45, 2.75) is 52.1 Å². The number of hydrogen-bond acceptors (Lipinski definition) is 9. The molecule has 0 spiro atoms. The van der Waals surface area contributed by atoms with E-state index in [0.717, 1.165) is 5.56 Å². The molecule has 2 N–H and O–H groups in total. The van der Waals surface area contributed by atoms with E-state index < -0.39 is 17.3 Å². The highest BCUT2D eigenvalue weighted by atomic mass is 19.1. The molecule has 3 aromatic heterocycles. The van der Waals surface area contributed by atoms with E-state index in [2.05, 4.69) is 27.2 Å². The average molecular weight is 645 g/mol. The summed E-state index contributed by atoms with van der Waals surface area (Å²) < 4.78 is 39.0. The minimum atomic E-state index is -0.789. The van der Waals surface area contributed by atoms with Crippen molar-refractivity contribution in [2.75, 3.05) is 43.3 Å². The lowest BCUT2D eigenvalue weighted by Gasteiger charge is -2.44. The fraction of sp³-hybridized carbons (Fsp3) is 0.382. The predicted molar refractivity (Wildman–Crippen MR) is 177 cm³/mol. The van der Waals surface area contributed by atoms with Gasteiger partial charge in [0, 0.05) is 43.6 Å². The number of ether oxygens (including phenoxy) is 1. The van der Waals surface area contributed by atoms with E-state index >= 15 is 8.78 Å². The number of halogens is 2. The third kappa shape index (κ3) is 5.96. The van der Waals surface area contributed by atoms with Crippen LogP contribution in [-0.4, -0.2) is 75.5 Å². The van der Waals surface area contributed by atoms with Crippen LogP contribution in [0.4, 0.5) is 20.3 Å². The highest BCUT2D eigenvalue weighted by Crippen LogP contribution is 2.37. The van der Waals surface area contributed by atoms with Crippen LogP contribution in [0.25, 0.3) is 28.0 Å². The predicted octanol–water partition coefficient (Wildman–Crippen LogP) is 4.35. The zero-order chi connectivity index (χ0) is 33.4. The maximum Gasteiger partial charge on any atom is 0.355 e. The monoisotopic (exact) mass is 644 g/mol. The van der Waals surface area contributed by atoms with Gasteiger partial charge in [0.15, 0.2) is 11.5 Å². The SMILES string of the molecule is C=CC(=O)N1C[C@H](C)N(c2nc(=O)n3c4nc(c(F)cc24)-c2c(F)cccc2NCOCNCCc2ccnc(C(C)C)c2-3)C[C@H]1C. The zero-order valence-electron chi connectivity index (χ0n) is 26.9. The van der Waals surface area contributed by atoms with E-state index in [0.29, 0.717) is 37.4 Å². The second kappa shape index (κ2) is 13.2. The Balaban J connectivity index is 1.68. The number of hydrogen-bond donors (Lipinski definition) is 2. The molecule has 6 rings (SSSR count). The average Bonchev–Trinajstić information content (AvgIpc) is 3.05. The summed E-state index contributed by atoms with van der Waals surface area (Å²) in [5.41, 5.74) is 1.36. The molecule has 1 fully saturated rings. The van der Waals surface area contributed by atoms with Crippen LogP contribution >= 0.6 is 0 Å². The lowest BCUT2D eigenvalue weighted by molar-refractivity contribution is -0.128.